The predicted molar refractivity (Wildman–Crippen MR) is 80.0 cm³/mol. The Labute approximate surface area is 124 Å². The summed E-state index contributed by atoms with van der Waals surface area (Å²) in [6, 6.07) is 8.28. The molecule has 104 valence electrons. The lowest BCUT2D eigenvalue weighted by atomic mass is 9.96. The molecule has 7 heteroatoms. The van der Waals surface area contributed by atoms with Gasteiger partial charge in [0.05, 0.1) is 12.7 Å². The van der Waals surface area contributed by atoms with Gasteiger partial charge in [-0.2, -0.15) is 4.31 Å². The van der Waals surface area contributed by atoms with Gasteiger partial charge in [0.2, 0.25) is 0 Å². The summed E-state index contributed by atoms with van der Waals surface area (Å²) in [5, 5.41) is 6.20. The van der Waals surface area contributed by atoms with Gasteiger partial charge in [-0.3, -0.25) is 4.79 Å². The Morgan fingerprint density at radius 1 is 1.55 bits per heavy atom. The Balaban J connectivity index is 1.63. The van der Waals surface area contributed by atoms with E-state index in [1.54, 1.807) is 21.8 Å². The summed E-state index contributed by atoms with van der Waals surface area (Å²) in [7, 11) is 3.21. The number of anilines is 1. The van der Waals surface area contributed by atoms with Crippen LogP contribution in [0.4, 0.5) is 5.69 Å². The molecule has 20 heavy (non-hydrogen) atoms. The highest BCUT2D eigenvalue weighted by Crippen LogP contribution is 2.67. The fourth-order valence-corrected chi connectivity index (χ4v) is 6.22. The summed E-state index contributed by atoms with van der Waals surface area (Å²) < 4.78 is 2.14. The number of carbonyl (C=O) groups is 2. The lowest BCUT2D eigenvalue weighted by Gasteiger charge is -2.45. The number of nitrogens with one attached hydrogen (secondary N) is 2. The minimum atomic E-state index is -0.524. The number of aldehydes is 1. The lowest BCUT2D eigenvalue weighted by molar-refractivity contribution is -0.126. The highest BCUT2D eigenvalue weighted by Gasteiger charge is 2.65. The van der Waals surface area contributed by atoms with Crippen LogP contribution in [0.1, 0.15) is 17.9 Å². The Kier molecular flexibility index (Phi) is 2.77. The van der Waals surface area contributed by atoms with E-state index in [2.05, 4.69) is 27.1 Å². The van der Waals surface area contributed by atoms with Crippen LogP contribution in [0.25, 0.3) is 0 Å². The first-order chi connectivity index (χ1) is 9.76. The van der Waals surface area contributed by atoms with E-state index in [1.165, 1.54) is 11.3 Å². The molecule has 3 atom stereocenters. The summed E-state index contributed by atoms with van der Waals surface area (Å²) in [6.45, 7) is 0.0823. The standard InChI is InChI=1S/C13H13N3O2S2/c17-6-5-14-12(18)13-7-9-8-3-1-2-4-10(8)15-11(9)16(13)20-19-13/h1-4,6,9,11,15H,5,7H2,(H,14,18). The zero-order valence-electron chi connectivity index (χ0n) is 10.5. The van der Waals surface area contributed by atoms with Crippen molar-refractivity contribution in [1.82, 2.24) is 9.62 Å². The van der Waals surface area contributed by atoms with Gasteiger partial charge in [-0.15, -0.1) is 0 Å². The molecule has 3 heterocycles. The van der Waals surface area contributed by atoms with Crippen LogP contribution in [-0.4, -0.2) is 34.1 Å². The van der Waals surface area contributed by atoms with Crippen molar-refractivity contribution in [3.8, 4) is 0 Å². The monoisotopic (exact) mass is 307 g/mol. The fraction of sp³-hybridized carbons (Fsp3) is 0.385. The minimum Gasteiger partial charge on any atom is -0.368 e. The Hall–Kier alpha value is -1.18. The highest BCUT2D eigenvalue weighted by molar-refractivity contribution is 8.79. The summed E-state index contributed by atoms with van der Waals surface area (Å²) >= 11 is 0. The molecule has 3 unspecified atom stereocenters. The summed E-state index contributed by atoms with van der Waals surface area (Å²) in [5.41, 5.74) is 2.46. The summed E-state index contributed by atoms with van der Waals surface area (Å²) in [6.07, 6.45) is 1.67. The fourth-order valence-electron chi connectivity index (χ4n) is 3.19. The van der Waals surface area contributed by atoms with Gasteiger partial charge in [0.1, 0.15) is 6.29 Å². The molecule has 3 aliphatic rings. The normalized spacial score (nSPS) is 33.4. The van der Waals surface area contributed by atoms with Gasteiger partial charge >= 0.3 is 0 Å². The first kappa shape index (κ1) is 12.6. The average molecular weight is 307 g/mol. The third-order valence-electron chi connectivity index (χ3n) is 4.11. The number of carbonyl (C=O) groups excluding carboxylic acids is 2. The number of benzene rings is 1. The van der Waals surface area contributed by atoms with Crippen LogP contribution in [0, 0.1) is 0 Å². The van der Waals surface area contributed by atoms with Crippen LogP contribution in [0.2, 0.25) is 0 Å². The number of fused-ring (bicyclic) bond motifs is 5. The van der Waals surface area contributed by atoms with Gasteiger partial charge in [-0.1, -0.05) is 18.2 Å². The second-order valence-corrected chi connectivity index (χ2v) is 7.46. The van der Waals surface area contributed by atoms with Crippen LogP contribution in [0.15, 0.2) is 24.3 Å². The van der Waals surface area contributed by atoms with Crippen molar-refractivity contribution < 1.29 is 9.59 Å². The minimum absolute atomic E-state index is 0.0537. The maximum atomic E-state index is 12.4. The molecular weight excluding hydrogens is 294 g/mol. The lowest BCUT2D eigenvalue weighted by Crippen LogP contribution is -2.57. The molecule has 5 nitrogen and oxygen atoms in total. The third-order valence-corrected chi connectivity index (χ3v) is 7.35. The molecule has 2 fully saturated rings. The molecule has 0 spiro atoms. The van der Waals surface area contributed by atoms with E-state index in [0.29, 0.717) is 5.92 Å². The second kappa shape index (κ2) is 4.41. The van der Waals surface area contributed by atoms with E-state index < -0.39 is 4.87 Å². The number of hydrogen-bond donors (Lipinski definition) is 2. The van der Waals surface area contributed by atoms with Gasteiger partial charge in [-0.05, 0) is 39.8 Å². The van der Waals surface area contributed by atoms with Gasteiger partial charge in [0.25, 0.3) is 5.91 Å². The second-order valence-electron chi connectivity index (χ2n) is 5.13. The van der Waals surface area contributed by atoms with Crippen molar-refractivity contribution in [3.05, 3.63) is 29.8 Å². The maximum Gasteiger partial charge on any atom is 0.253 e. The molecule has 3 aliphatic heterocycles. The summed E-state index contributed by atoms with van der Waals surface area (Å²) in [4.78, 5) is 22.3. The van der Waals surface area contributed by atoms with E-state index >= 15 is 0 Å². The molecule has 2 saturated heterocycles. The summed E-state index contributed by atoms with van der Waals surface area (Å²) in [5.74, 6) is 0.276. The van der Waals surface area contributed by atoms with Gasteiger partial charge < -0.3 is 15.4 Å². The Bertz CT molecular complexity index is 597. The molecule has 1 aromatic carbocycles. The molecule has 4 rings (SSSR count). The third kappa shape index (κ3) is 1.51. The van der Waals surface area contributed by atoms with Crippen molar-refractivity contribution in [2.24, 2.45) is 0 Å². The molecule has 0 radical (unpaired) electrons. The molecule has 0 aromatic heterocycles. The number of hydrogen-bond acceptors (Lipinski definition) is 6. The number of amides is 1. The number of nitrogens with zero attached hydrogens (tertiary/aromatic N) is 1. The molecule has 0 saturated carbocycles. The van der Waals surface area contributed by atoms with E-state index in [0.717, 1.165) is 12.7 Å². The van der Waals surface area contributed by atoms with Crippen LogP contribution in [0.5, 0.6) is 0 Å². The molecule has 1 amide bonds. The van der Waals surface area contributed by atoms with E-state index in [4.69, 9.17) is 0 Å². The molecular formula is C13H13N3O2S2. The zero-order valence-corrected chi connectivity index (χ0v) is 12.2. The Morgan fingerprint density at radius 3 is 3.15 bits per heavy atom. The smallest absolute Gasteiger partial charge is 0.253 e. The van der Waals surface area contributed by atoms with Crippen LogP contribution < -0.4 is 10.6 Å². The van der Waals surface area contributed by atoms with Gasteiger partial charge in [-0.25, -0.2) is 0 Å². The Morgan fingerprint density at radius 2 is 2.40 bits per heavy atom. The van der Waals surface area contributed by atoms with E-state index in [1.807, 2.05) is 12.1 Å². The average Bonchev–Trinajstić information content (AvgIpc) is 2.88. The molecule has 0 bridgehead atoms. The molecule has 2 N–H and O–H groups in total. The van der Waals surface area contributed by atoms with Crippen LogP contribution >= 0.6 is 21.8 Å². The van der Waals surface area contributed by atoms with E-state index in [-0.39, 0.29) is 18.6 Å². The quantitative estimate of drug-likeness (QED) is 0.502. The van der Waals surface area contributed by atoms with Gasteiger partial charge in [0, 0.05) is 11.6 Å². The van der Waals surface area contributed by atoms with Crippen molar-refractivity contribution >= 4 is 39.7 Å². The SMILES string of the molecule is O=CCNC(=O)C12CC3c4ccccc4NC3N1SS2. The van der Waals surface area contributed by atoms with Crippen molar-refractivity contribution in [2.75, 3.05) is 11.9 Å². The van der Waals surface area contributed by atoms with Crippen molar-refractivity contribution in [2.45, 2.75) is 23.4 Å². The van der Waals surface area contributed by atoms with Crippen LogP contribution in [-0.2, 0) is 9.59 Å². The largest absolute Gasteiger partial charge is 0.368 e. The van der Waals surface area contributed by atoms with Crippen molar-refractivity contribution in [1.29, 1.82) is 0 Å². The molecule has 0 aliphatic carbocycles. The highest BCUT2D eigenvalue weighted by atomic mass is 33.1. The number of rotatable bonds is 3. The number of para-hydroxylation sites is 1. The van der Waals surface area contributed by atoms with Crippen LogP contribution in [0.3, 0.4) is 0 Å². The van der Waals surface area contributed by atoms with Gasteiger partial charge in [0.15, 0.2) is 4.87 Å². The molecule has 1 aromatic rings. The maximum absolute atomic E-state index is 12.4. The van der Waals surface area contributed by atoms with E-state index in [9.17, 15) is 9.59 Å². The zero-order chi connectivity index (χ0) is 13.7. The van der Waals surface area contributed by atoms with Crippen molar-refractivity contribution in [3.63, 3.8) is 0 Å². The predicted octanol–water partition coefficient (Wildman–Crippen LogP) is 1.55. The first-order valence-corrected chi connectivity index (χ1v) is 8.59. The first-order valence-electron chi connectivity index (χ1n) is 6.49. The topological polar surface area (TPSA) is 61.4 Å².